The molecule has 0 saturated carbocycles. The lowest BCUT2D eigenvalue weighted by Gasteiger charge is -2.13. The number of ether oxygens (including phenoxy) is 2. The third-order valence-corrected chi connectivity index (χ3v) is 2.13. The number of aryl methyl sites for hydroxylation is 1. The Hall–Kier alpha value is -0.930. The SMILES string of the molecule is COC[C@H](CCc1ccccn1)OC. The minimum atomic E-state index is 0.169. The summed E-state index contributed by atoms with van der Waals surface area (Å²) in [5.74, 6) is 0. The summed E-state index contributed by atoms with van der Waals surface area (Å²) in [6.45, 7) is 0.642. The van der Waals surface area contributed by atoms with E-state index in [0.29, 0.717) is 6.61 Å². The van der Waals surface area contributed by atoms with E-state index in [9.17, 15) is 0 Å². The Bertz CT molecular complexity index is 238. The van der Waals surface area contributed by atoms with Gasteiger partial charge in [0.05, 0.1) is 12.7 Å². The molecular weight excluding hydrogens is 178 g/mol. The van der Waals surface area contributed by atoms with Gasteiger partial charge < -0.3 is 9.47 Å². The molecule has 0 amide bonds. The highest BCUT2D eigenvalue weighted by Crippen LogP contribution is 2.04. The summed E-state index contributed by atoms with van der Waals surface area (Å²) < 4.78 is 10.3. The van der Waals surface area contributed by atoms with Gasteiger partial charge in [-0.15, -0.1) is 0 Å². The van der Waals surface area contributed by atoms with Crippen molar-refractivity contribution < 1.29 is 9.47 Å². The fraction of sp³-hybridized carbons (Fsp3) is 0.545. The number of hydrogen-bond acceptors (Lipinski definition) is 3. The molecule has 1 aromatic rings. The van der Waals surface area contributed by atoms with Crippen molar-refractivity contribution in [3.05, 3.63) is 30.1 Å². The van der Waals surface area contributed by atoms with Crippen molar-refractivity contribution in [3.8, 4) is 0 Å². The van der Waals surface area contributed by atoms with Gasteiger partial charge in [-0.1, -0.05) is 6.07 Å². The van der Waals surface area contributed by atoms with Crippen molar-refractivity contribution in [1.29, 1.82) is 0 Å². The summed E-state index contributed by atoms with van der Waals surface area (Å²) in [7, 11) is 3.40. The summed E-state index contributed by atoms with van der Waals surface area (Å²) in [6, 6.07) is 5.95. The van der Waals surface area contributed by atoms with Crippen molar-refractivity contribution in [2.75, 3.05) is 20.8 Å². The molecule has 0 aliphatic rings. The van der Waals surface area contributed by atoms with Crippen molar-refractivity contribution in [2.45, 2.75) is 18.9 Å². The Labute approximate surface area is 85.1 Å². The molecule has 0 N–H and O–H groups in total. The first-order valence-electron chi connectivity index (χ1n) is 4.78. The van der Waals surface area contributed by atoms with Crippen molar-refractivity contribution in [1.82, 2.24) is 4.98 Å². The quantitative estimate of drug-likeness (QED) is 0.692. The molecule has 3 heteroatoms. The first-order valence-corrected chi connectivity index (χ1v) is 4.78. The molecule has 0 spiro atoms. The van der Waals surface area contributed by atoms with Crippen molar-refractivity contribution in [3.63, 3.8) is 0 Å². The molecule has 1 aromatic heterocycles. The maximum atomic E-state index is 5.26. The van der Waals surface area contributed by atoms with Gasteiger partial charge in [-0.2, -0.15) is 0 Å². The van der Waals surface area contributed by atoms with Gasteiger partial charge in [0, 0.05) is 26.1 Å². The molecule has 0 aromatic carbocycles. The van der Waals surface area contributed by atoms with E-state index in [2.05, 4.69) is 4.98 Å². The second-order valence-corrected chi connectivity index (χ2v) is 3.17. The Morgan fingerprint density at radius 1 is 1.36 bits per heavy atom. The van der Waals surface area contributed by atoms with E-state index in [1.54, 1.807) is 14.2 Å². The number of rotatable bonds is 6. The molecule has 3 nitrogen and oxygen atoms in total. The summed E-state index contributed by atoms with van der Waals surface area (Å²) in [5.41, 5.74) is 1.10. The van der Waals surface area contributed by atoms with Crippen LogP contribution in [0.1, 0.15) is 12.1 Å². The van der Waals surface area contributed by atoms with E-state index in [-0.39, 0.29) is 6.10 Å². The molecule has 0 aliphatic carbocycles. The zero-order valence-corrected chi connectivity index (χ0v) is 8.77. The van der Waals surface area contributed by atoms with Gasteiger partial charge in [0.15, 0.2) is 0 Å². The predicted octanol–water partition coefficient (Wildman–Crippen LogP) is 1.68. The van der Waals surface area contributed by atoms with Gasteiger partial charge in [0.25, 0.3) is 0 Å². The number of hydrogen-bond donors (Lipinski definition) is 0. The van der Waals surface area contributed by atoms with E-state index < -0.39 is 0 Å². The monoisotopic (exact) mass is 195 g/mol. The lowest BCUT2D eigenvalue weighted by atomic mass is 10.1. The van der Waals surface area contributed by atoms with Crippen LogP contribution in [0.15, 0.2) is 24.4 Å². The topological polar surface area (TPSA) is 31.4 Å². The van der Waals surface area contributed by atoms with Crippen LogP contribution in [-0.4, -0.2) is 31.9 Å². The predicted molar refractivity (Wildman–Crippen MR) is 55.2 cm³/mol. The van der Waals surface area contributed by atoms with Crippen LogP contribution in [0.4, 0.5) is 0 Å². The van der Waals surface area contributed by atoms with E-state index in [4.69, 9.17) is 9.47 Å². The van der Waals surface area contributed by atoms with Crippen LogP contribution in [0.3, 0.4) is 0 Å². The molecule has 0 bridgehead atoms. The molecule has 14 heavy (non-hydrogen) atoms. The number of nitrogens with zero attached hydrogens (tertiary/aromatic N) is 1. The summed E-state index contributed by atoms with van der Waals surface area (Å²) in [5, 5.41) is 0. The Morgan fingerprint density at radius 2 is 2.21 bits per heavy atom. The van der Waals surface area contributed by atoms with E-state index >= 15 is 0 Å². The third-order valence-electron chi connectivity index (χ3n) is 2.13. The van der Waals surface area contributed by atoms with Crippen LogP contribution in [0.5, 0.6) is 0 Å². The average molecular weight is 195 g/mol. The Balaban J connectivity index is 2.32. The molecule has 0 saturated heterocycles. The summed E-state index contributed by atoms with van der Waals surface area (Å²) in [4.78, 5) is 4.25. The van der Waals surface area contributed by atoms with Crippen molar-refractivity contribution in [2.24, 2.45) is 0 Å². The highest BCUT2D eigenvalue weighted by molar-refractivity contribution is 5.03. The number of aromatic nitrogens is 1. The van der Waals surface area contributed by atoms with E-state index in [1.165, 1.54) is 0 Å². The average Bonchev–Trinajstić information content (AvgIpc) is 2.25. The first kappa shape index (κ1) is 11.1. The summed E-state index contributed by atoms with van der Waals surface area (Å²) >= 11 is 0. The molecule has 0 aliphatic heterocycles. The van der Waals surface area contributed by atoms with Gasteiger partial charge in [0.1, 0.15) is 0 Å². The third kappa shape index (κ3) is 3.85. The molecule has 0 fully saturated rings. The number of methoxy groups -OCH3 is 2. The maximum absolute atomic E-state index is 5.26. The van der Waals surface area contributed by atoms with Crippen LogP contribution >= 0.6 is 0 Å². The highest BCUT2D eigenvalue weighted by atomic mass is 16.5. The molecule has 0 radical (unpaired) electrons. The highest BCUT2D eigenvalue weighted by Gasteiger charge is 2.06. The van der Waals surface area contributed by atoms with E-state index in [1.807, 2.05) is 24.4 Å². The molecule has 1 atom stereocenters. The minimum Gasteiger partial charge on any atom is -0.382 e. The lowest BCUT2D eigenvalue weighted by Crippen LogP contribution is -2.18. The van der Waals surface area contributed by atoms with Crippen LogP contribution in [0.25, 0.3) is 0 Å². The molecule has 78 valence electrons. The normalized spacial score (nSPS) is 12.7. The van der Waals surface area contributed by atoms with Gasteiger partial charge in [-0.25, -0.2) is 0 Å². The maximum Gasteiger partial charge on any atom is 0.0808 e. The Morgan fingerprint density at radius 3 is 2.79 bits per heavy atom. The second-order valence-electron chi connectivity index (χ2n) is 3.17. The smallest absolute Gasteiger partial charge is 0.0808 e. The van der Waals surface area contributed by atoms with Gasteiger partial charge in [-0.05, 0) is 25.0 Å². The van der Waals surface area contributed by atoms with Gasteiger partial charge in [0.2, 0.25) is 0 Å². The number of pyridine rings is 1. The lowest BCUT2D eigenvalue weighted by molar-refractivity contribution is 0.0236. The largest absolute Gasteiger partial charge is 0.382 e. The molecule has 1 rings (SSSR count). The van der Waals surface area contributed by atoms with Gasteiger partial charge in [-0.3, -0.25) is 4.98 Å². The Kier molecular flexibility index (Phi) is 5.19. The molecule has 0 unspecified atom stereocenters. The standard InChI is InChI=1S/C11H17NO2/c1-13-9-11(14-2)7-6-10-5-3-4-8-12-10/h3-5,8,11H,6-7,9H2,1-2H3/t11-/m0/s1. The zero-order chi connectivity index (χ0) is 10.2. The minimum absolute atomic E-state index is 0.169. The van der Waals surface area contributed by atoms with Crippen LogP contribution in [0, 0.1) is 0 Å². The fourth-order valence-electron chi connectivity index (χ4n) is 1.31. The van der Waals surface area contributed by atoms with Gasteiger partial charge >= 0.3 is 0 Å². The van der Waals surface area contributed by atoms with E-state index in [0.717, 1.165) is 18.5 Å². The first-order chi connectivity index (χ1) is 6.86. The zero-order valence-electron chi connectivity index (χ0n) is 8.77. The second kappa shape index (κ2) is 6.51. The fourth-order valence-corrected chi connectivity index (χ4v) is 1.31. The summed E-state index contributed by atoms with van der Waals surface area (Å²) in [6.07, 6.45) is 3.86. The molecule has 1 heterocycles. The van der Waals surface area contributed by atoms with Crippen LogP contribution in [0.2, 0.25) is 0 Å². The molecular formula is C11H17NO2. The van der Waals surface area contributed by atoms with Crippen LogP contribution < -0.4 is 0 Å². The van der Waals surface area contributed by atoms with Crippen molar-refractivity contribution >= 4 is 0 Å². The van der Waals surface area contributed by atoms with Crippen LogP contribution in [-0.2, 0) is 15.9 Å².